The van der Waals surface area contributed by atoms with Crippen molar-refractivity contribution in [3.05, 3.63) is 200 Å². The predicted octanol–water partition coefficient (Wildman–Crippen LogP) is 15.1. The maximum Gasteiger partial charge on any atom is 0.159 e. The van der Waals surface area contributed by atoms with E-state index in [0.717, 1.165) is 82.8 Å². The quantitative estimate of drug-likeness (QED) is 0.173. The molecular formula is C52H33NO2. The molecule has 0 unspecified atom stereocenters. The zero-order chi connectivity index (χ0) is 36.3. The number of rotatable bonds is 6. The summed E-state index contributed by atoms with van der Waals surface area (Å²) in [6.07, 6.45) is 0. The fraction of sp³-hybridized carbons (Fsp3) is 0. The summed E-state index contributed by atoms with van der Waals surface area (Å²) < 4.78 is 13.2. The predicted molar refractivity (Wildman–Crippen MR) is 229 cm³/mol. The van der Waals surface area contributed by atoms with Crippen LogP contribution in [0.1, 0.15) is 0 Å². The van der Waals surface area contributed by atoms with Crippen LogP contribution < -0.4 is 4.90 Å². The molecular weight excluding hydrogens is 671 g/mol. The minimum Gasteiger partial charge on any atom is -0.455 e. The molecule has 2 heterocycles. The highest BCUT2D eigenvalue weighted by molar-refractivity contribution is 6.19. The molecule has 0 aliphatic rings. The normalized spacial score (nSPS) is 11.6. The molecule has 0 saturated heterocycles. The average molecular weight is 704 g/mol. The average Bonchev–Trinajstić information content (AvgIpc) is 3.83. The Balaban J connectivity index is 1.05. The fourth-order valence-electron chi connectivity index (χ4n) is 8.23. The summed E-state index contributed by atoms with van der Waals surface area (Å²) in [4.78, 5) is 2.29. The third-order valence-electron chi connectivity index (χ3n) is 10.9. The lowest BCUT2D eigenvalue weighted by molar-refractivity contribution is 0.669. The molecule has 0 saturated carbocycles. The Hall–Kier alpha value is -7.36. The first kappa shape index (κ1) is 31.2. The number of nitrogens with zero attached hydrogens (tertiary/aromatic N) is 1. The lowest BCUT2D eigenvalue weighted by atomic mass is 9.94. The smallest absolute Gasteiger partial charge is 0.159 e. The van der Waals surface area contributed by atoms with Crippen LogP contribution in [-0.4, -0.2) is 0 Å². The number of anilines is 3. The van der Waals surface area contributed by atoms with E-state index in [9.17, 15) is 0 Å². The van der Waals surface area contributed by atoms with Crippen LogP contribution in [-0.2, 0) is 0 Å². The van der Waals surface area contributed by atoms with Gasteiger partial charge in [0.2, 0.25) is 0 Å². The summed E-state index contributed by atoms with van der Waals surface area (Å²) in [6.45, 7) is 0. The molecule has 9 aromatic carbocycles. The largest absolute Gasteiger partial charge is 0.455 e. The van der Waals surface area contributed by atoms with E-state index in [2.05, 4.69) is 193 Å². The molecule has 0 aliphatic carbocycles. The Bertz CT molecular complexity index is 3190. The lowest BCUT2D eigenvalue weighted by Gasteiger charge is -2.25. The van der Waals surface area contributed by atoms with Gasteiger partial charge in [0.1, 0.15) is 16.7 Å². The van der Waals surface area contributed by atoms with E-state index in [1.807, 2.05) is 12.1 Å². The summed E-state index contributed by atoms with van der Waals surface area (Å²) in [5.41, 5.74) is 13.7. The van der Waals surface area contributed by atoms with E-state index in [1.54, 1.807) is 0 Å². The van der Waals surface area contributed by atoms with E-state index < -0.39 is 0 Å². The Morgan fingerprint density at radius 1 is 0.291 bits per heavy atom. The zero-order valence-electron chi connectivity index (χ0n) is 29.8. The van der Waals surface area contributed by atoms with Crippen molar-refractivity contribution in [2.75, 3.05) is 4.90 Å². The number of para-hydroxylation sites is 3. The number of furan rings is 2. The van der Waals surface area contributed by atoms with Crippen molar-refractivity contribution in [1.29, 1.82) is 0 Å². The molecule has 11 rings (SSSR count). The van der Waals surface area contributed by atoms with Gasteiger partial charge >= 0.3 is 0 Å². The molecule has 0 aliphatic heterocycles. The first-order valence-electron chi connectivity index (χ1n) is 18.7. The van der Waals surface area contributed by atoms with Gasteiger partial charge in [-0.2, -0.15) is 0 Å². The number of hydrogen-bond donors (Lipinski definition) is 0. The Kier molecular flexibility index (Phi) is 7.17. The molecule has 258 valence electrons. The van der Waals surface area contributed by atoms with Gasteiger partial charge in [0, 0.05) is 38.3 Å². The second kappa shape index (κ2) is 12.6. The lowest BCUT2D eigenvalue weighted by Crippen LogP contribution is -2.10. The first-order valence-corrected chi connectivity index (χ1v) is 18.7. The highest BCUT2D eigenvalue weighted by Gasteiger charge is 2.20. The molecule has 55 heavy (non-hydrogen) atoms. The second-order valence-electron chi connectivity index (χ2n) is 14.1. The van der Waals surface area contributed by atoms with Crippen molar-refractivity contribution in [3.63, 3.8) is 0 Å². The molecule has 0 atom stereocenters. The van der Waals surface area contributed by atoms with Crippen molar-refractivity contribution in [2.24, 2.45) is 0 Å². The summed E-state index contributed by atoms with van der Waals surface area (Å²) in [7, 11) is 0. The van der Waals surface area contributed by atoms with Crippen molar-refractivity contribution < 1.29 is 8.83 Å². The molecule has 0 amide bonds. The van der Waals surface area contributed by atoms with E-state index in [0.29, 0.717) is 0 Å². The fourth-order valence-corrected chi connectivity index (χ4v) is 8.23. The van der Waals surface area contributed by atoms with Gasteiger partial charge in [0.15, 0.2) is 5.58 Å². The molecule has 3 heteroatoms. The van der Waals surface area contributed by atoms with E-state index in [1.165, 1.54) is 22.3 Å². The van der Waals surface area contributed by atoms with Crippen LogP contribution in [0.15, 0.2) is 209 Å². The van der Waals surface area contributed by atoms with Crippen molar-refractivity contribution in [1.82, 2.24) is 0 Å². The molecule has 0 radical (unpaired) electrons. The Labute approximate surface area is 317 Å². The third kappa shape index (κ3) is 5.20. The van der Waals surface area contributed by atoms with Crippen molar-refractivity contribution in [3.8, 4) is 33.4 Å². The monoisotopic (exact) mass is 703 g/mol. The standard InChI is InChI=1S/C52H33NO2/c1-3-13-34(14-4-1)36-15-11-16-37(31-36)38-27-30-50-46(32-38)47-33-45(41-19-7-8-21-43(41)51(47)54-50)35-25-28-40(29-26-35)53(39-17-5-2-6-18-39)48-23-12-22-44-42-20-9-10-24-49(42)55-52(44)48/h1-33H. The minimum absolute atomic E-state index is 0.867. The summed E-state index contributed by atoms with van der Waals surface area (Å²) in [6, 6.07) is 70.8. The number of benzene rings is 9. The van der Waals surface area contributed by atoms with Gasteiger partial charge in [0.05, 0.1) is 5.69 Å². The van der Waals surface area contributed by atoms with Gasteiger partial charge in [-0.1, -0.05) is 140 Å². The SMILES string of the molecule is c1ccc(-c2cccc(-c3ccc4oc5c6ccccc6c(-c6ccc(N(c7ccccc7)c7cccc8c7oc7ccccc78)cc6)cc5c4c3)c2)cc1. The van der Waals surface area contributed by atoms with Crippen LogP contribution >= 0.6 is 0 Å². The van der Waals surface area contributed by atoms with Gasteiger partial charge < -0.3 is 13.7 Å². The third-order valence-corrected chi connectivity index (χ3v) is 10.9. The minimum atomic E-state index is 0.867. The van der Waals surface area contributed by atoms with Gasteiger partial charge in [-0.15, -0.1) is 0 Å². The molecule has 0 N–H and O–H groups in total. The summed E-state index contributed by atoms with van der Waals surface area (Å²) >= 11 is 0. The maximum atomic E-state index is 6.63. The van der Waals surface area contributed by atoms with Crippen LogP contribution in [0.25, 0.3) is 88.0 Å². The topological polar surface area (TPSA) is 29.5 Å². The highest BCUT2D eigenvalue weighted by Crippen LogP contribution is 2.44. The van der Waals surface area contributed by atoms with Gasteiger partial charge in [0.25, 0.3) is 0 Å². The van der Waals surface area contributed by atoms with Crippen LogP contribution in [0.3, 0.4) is 0 Å². The summed E-state index contributed by atoms with van der Waals surface area (Å²) in [5.74, 6) is 0. The van der Waals surface area contributed by atoms with Gasteiger partial charge in [-0.3, -0.25) is 0 Å². The molecule has 0 fully saturated rings. The van der Waals surface area contributed by atoms with Crippen molar-refractivity contribution >= 4 is 71.7 Å². The van der Waals surface area contributed by atoms with E-state index in [4.69, 9.17) is 8.83 Å². The van der Waals surface area contributed by atoms with Crippen LogP contribution in [0.5, 0.6) is 0 Å². The molecule has 3 nitrogen and oxygen atoms in total. The molecule has 2 aromatic heterocycles. The number of hydrogen-bond acceptors (Lipinski definition) is 3. The van der Waals surface area contributed by atoms with E-state index in [-0.39, 0.29) is 0 Å². The molecule has 0 bridgehead atoms. The van der Waals surface area contributed by atoms with Crippen LogP contribution in [0.2, 0.25) is 0 Å². The van der Waals surface area contributed by atoms with Crippen LogP contribution in [0.4, 0.5) is 17.1 Å². The van der Waals surface area contributed by atoms with Crippen molar-refractivity contribution in [2.45, 2.75) is 0 Å². The first-order chi connectivity index (χ1) is 27.3. The Morgan fingerprint density at radius 2 is 0.836 bits per heavy atom. The highest BCUT2D eigenvalue weighted by atomic mass is 16.3. The second-order valence-corrected chi connectivity index (χ2v) is 14.1. The van der Waals surface area contributed by atoms with Gasteiger partial charge in [-0.05, 0) is 99.4 Å². The van der Waals surface area contributed by atoms with Crippen LogP contribution in [0, 0.1) is 0 Å². The number of fused-ring (bicyclic) bond motifs is 8. The molecule has 0 spiro atoms. The zero-order valence-corrected chi connectivity index (χ0v) is 29.8. The van der Waals surface area contributed by atoms with E-state index >= 15 is 0 Å². The Morgan fingerprint density at radius 3 is 1.65 bits per heavy atom. The summed E-state index contributed by atoms with van der Waals surface area (Å²) in [5, 5.41) is 6.69. The van der Waals surface area contributed by atoms with Gasteiger partial charge in [-0.25, -0.2) is 0 Å². The maximum absolute atomic E-state index is 6.63. The molecule has 11 aromatic rings.